The SMILES string of the molecule is CCOc1cc(/C=C2\SC(=S)N(C(C(=O)OC)c3ccccc3)C2=O)cc(Br)c1OCc1ccccc1. The summed E-state index contributed by atoms with van der Waals surface area (Å²) in [5.74, 6) is 0.189. The number of methoxy groups -OCH3 is 1. The average Bonchev–Trinajstić information content (AvgIpc) is 3.17. The summed E-state index contributed by atoms with van der Waals surface area (Å²) >= 11 is 10.2. The van der Waals surface area contributed by atoms with Crippen LogP contribution in [0.1, 0.15) is 29.7 Å². The number of carbonyl (C=O) groups is 2. The van der Waals surface area contributed by atoms with Gasteiger partial charge in [-0.25, -0.2) is 4.79 Å². The van der Waals surface area contributed by atoms with Crippen molar-refractivity contribution < 1.29 is 23.8 Å². The fraction of sp³-hybridized carbons (Fsp3) is 0.179. The Morgan fingerprint density at radius 1 is 1.08 bits per heavy atom. The Hall–Kier alpha value is -3.14. The molecular formula is C28H24BrNO5S2. The molecule has 0 N–H and O–H groups in total. The van der Waals surface area contributed by atoms with E-state index >= 15 is 0 Å². The molecule has 1 fully saturated rings. The maximum Gasteiger partial charge on any atom is 0.333 e. The molecule has 37 heavy (non-hydrogen) atoms. The van der Waals surface area contributed by atoms with Gasteiger partial charge in [-0.3, -0.25) is 9.69 Å². The summed E-state index contributed by atoms with van der Waals surface area (Å²) in [5, 5.41) is 0. The third kappa shape index (κ3) is 6.23. The average molecular weight is 599 g/mol. The highest BCUT2D eigenvalue weighted by atomic mass is 79.9. The van der Waals surface area contributed by atoms with Crippen molar-refractivity contribution in [1.29, 1.82) is 0 Å². The van der Waals surface area contributed by atoms with Crippen molar-refractivity contribution in [3.8, 4) is 11.5 Å². The van der Waals surface area contributed by atoms with Gasteiger partial charge in [0.05, 0.1) is 23.1 Å². The summed E-state index contributed by atoms with van der Waals surface area (Å²) in [6.07, 6.45) is 1.73. The van der Waals surface area contributed by atoms with E-state index < -0.39 is 12.0 Å². The predicted molar refractivity (Wildman–Crippen MR) is 152 cm³/mol. The summed E-state index contributed by atoms with van der Waals surface area (Å²) < 4.78 is 17.9. The number of hydrogen-bond donors (Lipinski definition) is 0. The number of carbonyl (C=O) groups excluding carboxylic acids is 2. The molecule has 1 amide bonds. The normalized spacial score (nSPS) is 15.1. The van der Waals surface area contributed by atoms with E-state index in [1.807, 2.05) is 55.5 Å². The van der Waals surface area contributed by atoms with Gasteiger partial charge in [-0.05, 0) is 57.8 Å². The number of halogens is 1. The van der Waals surface area contributed by atoms with E-state index in [0.29, 0.717) is 39.7 Å². The fourth-order valence-electron chi connectivity index (χ4n) is 3.80. The second-order valence-corrected chi connectivity index (χ2v) is 10.5. The van der Waals surface area contributed by atoms with Crippen LogP contribution in [-0.4, -0.2) is 34.8 Å². The number of thioether (sulfide) groups is 1. The van der Waals surface area contributed by atoms with Gasteiger partial charge in [0.15, 0.2) is 17.5 Å². The topological polar surface area (TPSA) is 65.1 Å². The van der Waals surface area contributed by atoms with Crippen molar-refractivity contribution in [3.05, 3.63) is 98.9 Å². The Labute approximate surface area is 233 Å². The molecule has 1 saturated heterocycles. The monoisotopic (exact) mass is 597 g/mol. The quantitative estimate of drug-likeness (QED) is 0.157. The molecule has 1 atom stereocenters. The van der Waals surface area contributed by atoms with E-state index in [-0.39, 0.29) is 10.2 Å². The maximum absolute atomic E-state index is 13.5. The van der Waals surface area contributed by atoms with E-state index in [1.165, 1.54) is 12.0 Å². The Kier molecular flexibility index (Phi) is 9.02. The van der Waals surface area contributed by atoms with Gasteiger partial charge in [-0.2, -0.15) is 0 Å². The first-order valence-corrected chi connectivity index (χ1v) is 13.5. The van der Waals surface area contributed by atoms with E-state index in [9.17, 15) is 9.59 Å². The molecule has 0 saturated carbocycles. The van der Waals surface area contributed by atoms with Crippen LogP contribution >= 0.6 is 39.9 Å². The van der Waals surface area contributed by atoms with Crippen LogP contribution < -0.4 is 9.47 Å². The highest BCUT2D eigenvalue weighted by Gasteiger charge is 2.41. The van der Waals surface area contributed by atoms with Gasteiger partial charge >= 0.3 is 5.97 Å². The molecule has 0 aromatic heterocycles. The number of esters is 1. The highest BCUT2D eigenvalue weighted by Crippen LogP contribution is 2.41. The zero-order valence-corrected chi connectivity index (χ0v) is 23.4. The zero-order valence-electron chi connectivity index (χ0n) is 20.2. The Morgan fingerprint density at radius 2 is 1.76 bits per heavy atom. The first-order valence-electron chi connectivity index (χ1n) is 11.5. The van der Waals surface area contributed by atoms with Crippen LogP contribution in [0.15, 0.2) is 82.2 Å². The lowest BCUT2D eigenvalue weighted by Gasteiger charge is -2.24. The first-order chi connectivity index (χ1) is 17.9. The molecule has 1 aliphatic rings. The third-order valence-corrected chi connectivity index (χ3v) is 7.40. The van der Waals surface area contributed by atoms with Crippen LogP contribution in [0.2, 0.25) is 0 Å². The van der Waals surface area contributed by atoms with Gasteiger partial charge in [-0.1, -0.05) is 84.6 Å². The Bertz CT molecular complexity index is 1330. The van der Waals surface area contributed by atoms with Gasteiger partial charge in [-0.15, -0.1) is 0 Å². The van der Waals surface area contributed by atoms with Gasteiger partial charge in [0.25, 0.3) is 5.91 Å². The minimum absolute atomic E-state index is 0.280. The predicted octanol–water partition coefficient (Wildman–Crippen LogP) is 6.54. The minimum Gasteiger partial charge on any atom is -0.490 e. The van der Waals surface area contributed by atoms with Crippen molar-refractivity contribution in [2.24, 2.45) is 0 Å². The van der Waals surface area contributed by atoms with Crippen molar-refractivity contribution in [2.45, 2.75) is 19.6 Å². The Morgan fingerprint density at radius 3 is 2.41 bits per heavy atom. The first kappa shape index (κ1) is 26.9. The van der Waals surface area contributed by atoms with Crippen LogP contribution in [0.5, 0.6) is 11.5 Å². The molecular weight excluding hydrogens is 574 g/mol. The van der Waals surface area contributed by atoms with E-state index in [1.54, 1.807) is 30.3 Å². The molecule has 6 nitrogen and oxygen atoms in total. The standard InChI is InChI=1S/C28H24BrNO5S2/c1-3-34-22-15-19(14-21(29)25(22)35-17-18-10-6-4-7-11-18)16-23-26(31)30(28(36)37-23)24(27(32)33-2)20-12-8-5-9-13-20/h4-16,24H,3,17H2,1-2H3/b23-16-. The van der Waals surface area contributed by atoms with Gasteiger partial charge in [0.1, 0.15) is 10.9 Å². The Balaban J connectivity index is 1.63. The van der Waals surface area contributed by atoms with E-state index in [0.717, 1.165) is 22.9 Å². The summed E-state index contributed by atoms with van der Waals surface area (Å²) in [4.78, 5) is 27.8. The third-order valence-electron chi connectivity index (χ3n) is 5.48. The fourth-order valence-corrected chi connectivity index (χ4v) is 5.68. The maximum atomic E-state index is 13.5. The molecule has 0 radical (unpaired) electrons. The van der Waals surface area contributed by atoms with Crippen LogP contribution in [0.3, 0.4) is 0 Å². The smallest absolute Gasteiger partial charge is 0.333 e. The number of ether oxygens (including phenoxy) is 3. The lowest BCUT2D eigenvalue weighted by atomic mass is 10.1. The number of hydrogen-bond acceptors (Lipinski definition) is 7. The van der Waals surface area contributed by atoms with Crippen LogP contribution in [-0.2, 0) is 20.9 Å². The number of amides is 1. The van der Waals surface area contributed by atoms with E-state index in [2.05, 4.69) is 15.9 Å². The molecule has 0 aliphatic carbocycles. The molecule has 1 aliphatic heterocycles. The summed E-state index contributed by atoms with van der Waals surface area (Å²) in [6.45, 7) is 2.72. The molecule has 0 spiro atoms. The molecule has 3 aromatic carbocycles. The van der Waals surface area contributed by atoms with Gasteiger partial charge in [0, 0.05) is 0 Å². The summed E-state index contributed by atoms with van der Waals surface area (Å²) in [5.41, 5.74) is 2.37. The van der Waals surface area contributed by atoms with E-state index in [4.69, 9.17) is 26.4 Å². The van der Waals surface area contributed by atoms with Crippen LogP contribution in [0.4, 0.5) is 0 Å². The molecule has 190 valence electrons. The van der Waals surface area contributed by atoms with Crippen molar-refractivity contribution >= 4 is 62.2 Å². The second-order valence-electron chi connectivity index (χ2n) is 7.93. The number of nitrogens with zero attached hydrogens (tertiary/aromatic N) is 1. The number of rotatable bonds is 9. The van der Waals surface area contributed by atoms with Crippen LogP contribution in [0, 0.1) is 0 Å². The largest absolute Gasteiger partial charge is 0.490 e. The molecule has 1 unspecified atom stereocenters. The lowest BCUT2D eigenvalue weighted by molar-refractivity contribution is -0.148. The summed E-state index contributed by atoms with van der Waals surface area (Å²) in [6, 6.07) is 21.5. The molecule has 9 heteroatoms. The van der Waals surface area contributed by atoms with Crippen molar-refractivity contribution in [2.75, 3.05) is 13.7 Å². The van der Waals surface area contributed by atoms with Crippen LogP contribution in [0.25, 0.3) is 6.08 Å². The van der Waals surface area contributed by atoms with Gasteiger partial charge < -0.3 is 14.2 Å². The lowest BCUT2D eigenvalue weighted by Crippen LogP contribution is -2.37. The zero-order chi connectivity index (χ0) is 26.4. The molecule has 4 rings (SSSR count). The van der Waals surface area contributed by atoms with Gasteiger partial charge in [0.2, 0.25) is 0 Å². The molecule has 3 aromatic rings. The van der Waals surface area contributed by atoms with Crippen molar-refractivity contribution in [1.82, 2.24) is 4.90 Å². The second kappa shape index (κ2) is 12.4. The highest BCUT2D eigenvalue weighted by molar-refractivity contribution is 9.10. The molecule has 1 heterocycles. The number of benzene rings is 3. The van der Waals surface area contributed by atoms with Crippen molar-refractivity contribution in [3.63, 3.8) is 0 Å². The minimum atomic E-state index is -0.968. The summed E-state index contributed by atoms with van der Waals surface area (Å²) in [7, 11) is 1.29. The number of thiocarbonyl (C=S) groups is 1. The molecule has 0 bridgehead atoms.